The van der Waals surface area contributed by atoms with Crippen molar-refractivity contribution in [1.29, 1.82) is 0 Å². The van der Waals surface area contributed by atoms with Crippen LogP contribution < -0.4 is 0 Å². The van der Waals surface area contributed by atoms with Crippen LogP contribution in [0.25, 0.3) is 0 Å². The van der Waals surface area contributed by atoms with Gasteiger partial charge in [0.2, 0.25) is 0 Å². The van der Waals surface area contributed by atoms with Gasteiger partial charge in [-0.3, -0.25) is 0 Å². The van der Waals surface area contributed by atoms with Crippen molar-refractivity contribution in [1.82, 2.24) is 9.55 Å². The molecule has 1 aromatic heterocycles. The van der Waals surface area contributed by atoms with Crippen LogP contribution in [0.1, 0.15) is 17.8 Å². The molecule has 0 aliphatic heterocycles. The third kappa shape index (κ3) is 3.14. The quantitative estimate of drug-likeness (QED) is 0.660. The highest BCUT2D eigenvalue weighted by Gasteiger charge is 2.32. The number of aromatic nitrogens is 2. The lowest BCUT2D eigenvalue weighted by Gasteiger charge is -2.31. The second-order valence-corrected chi connectivity index (χ2v) is 6.10. The van der Waals surface area contributed by atoms with Crippen molar-refractivity contribution in [3.8, 4) is 0 Å². The van der Waals surface area contributed by atoms with E-state index in [2.05, 4.69) is 36.8 Å². The first kappa shape index (κ1) is 15.7. The van der Waals surface area contributed by atoms with Crippen molar-refractivity contribution in [3.63, 3.8) is 0 Å². The third-order valence-electron chi connectivity index (χ3n) is 3.70. The maximum atomic E-state index is 14.1. The number of alkyl halides is 2. The van der Waals surface area contributed by atoms with E-state index in [-0.39, 0.29) is 11.2 Å². The van der Waals surface area contributed by atoms with E-state index in [4.69, 9.17) is 0 Å². The fourth-order valence-electron chi connectivity index (χ4n) is 2.33. The molecule has 0 unspecified atom stereocenters. The molecule has 20 heavy (non-hydrogen) atoms. The van der Waals surface area contributed by atoms with Crippen LogP contribution in [0.3, 0.4) is 0 Å². The minimum Gasteiger partial charge on any atom is -0.338 e. The Bertz CT molecular complexity index is 565. The van der Waals surface area contributed by atoms with E-state index in [1.54, 1.807) is 12.3 Å². The van der Waals surface area contributed by atoms with Crippen LogP contribution in [0.4, 0.5) is 4.39 Å². The first-order chi connectivity index (χ1) is 9.63. The van der Waals surface area contributed by atoms with Crippen molar-refractivity contribution < 1.29 is 4.39 Å². The van der Waals surface area contributed by atoms with Gasteiger partial charge >= 0.3 is 0 Å². The molecule has 0 radical (unpaired) electrons. The van der Waals surface area contributed by atoms with Crippen LogP contribution in [-0.2, 0) is 18.9 Å². The molecule has 1 aromatic carbocycles. The summed E-state index contributed by atoms with van der Waals surface area (Å²) < 4.78 is 16.1. The van der Waals surface area contributed by atoms with Crippen molar-refractivity contribution >= 4 is 31.9 Å². The minimum absolute atomic E-state index is 0.147. The molecule has 0 amide bonds. The van der Waals surface area contributed by atoms with E-state index < -0.39 is 0 Å². The lowest BCUT2D eigenvalue weighted by atomic mass is 9.80. The first-order valence-electron chi connectivity index (χ1n) is 6.46. The number of halogens is 3. The zero-order chi connectivity index (χ0) is 14.6. The topological polar surface area (TPSA) is 17.8 Å². The number of hydrogen-bond donors (Lipinski definition) is 0. The number of aryl methyl sites for hydroxylation is 2. The molecule has 108 valence electrons. The Morgan fingerprint density at radius 1 is 1.25 bits per heavy atom. The van der Waals surface area contributed by atoms with Gasteiger partial charge < -0.3 is 4.57 Å². The Kier molecular flexibility index (Phi) is 5.38. The largest absolute Gasteiger partial charge is 0.338 e. The number of imidazole rings is 1. The molecule has 0 fully saturated rings. The molecule has 2 aromatic rings. The Hall–Kier alpha value is -0.680. The Labute approximate surface area is 135 Å². The van der Waals surface area contributed by atoms with Gasteiger partial charge in [0.05, 0.1) is 0 Å². The monoisotopic (exact) mass is 402 g/mol. The van der Waals surface area contributed by atoms with Crippen LogP contribution >= 0.6 is 31.9 Å². The van der Waals surface area contributed by atoms with Crippen LogP contribution in [-0.4, -0.2) is 20.2 Å². The fourth-order valence-corrected chi connectivity index (χ4v) is 4.42. The number of nitrogens with zero attached hydrogens (tertiary/aromatic N) is 2. The maximum Gasteiger partial charge on any atom is 0.127 e. The summed E-state index contributed by atoms with van der Waals surface area (Å²) >= 11 is 7.13. The van der Waals surface area contributed by atoms with E-state index in [0.29, 0.717) is 10.7 Å². The van der Waals surface area contributed by atoms with Crippen molar-refractivity contribution in [3.05, 3.63) is 53.9 Å². The first-order valence-corrected chi connectivity index (χ1v) is 8.70. The lowest BCUT2D eigenvalue weighted by Crippen LogP contribution is -2.32. The molecule has 2 rings (SSSR count). The number of benzene rings is 1. The molecule has 0 saturated carbocycles. The normalized spacial score (nSPS) is 11.8. The van der Waals surface area contributed by atoms with Crippen LogP contribution in [0.15, 0.2) is 36.7 Å². The van der Waals surface area contributed by atoms with Gasteiger partial charge in [-0.25, -0.2) is 9.37 Å². The Balaban J connectivity index is 2.26. The zero-order valence-corrected chi connectivity index (χ0v) is 14.5. The van der Waals surface area contributed by atoms with Crippen LogP contribution in [0.2, 0.25) is 0 Å². The molecule has 1 heterocycles. The number of hydrogen-bond acceptors (Lipinski definition) is 1. The van der Waals surface area contributed by atoms with Gasteiger partial charge in [-0.1, -0.05) is 50.1 Å². The van der Waals surface area contributed by atoms with Crippen molar-refractivity contribution in [2.75, 3.05) is 10.7 Å². The summed E-state index contributed by atoms with van der Waals surface area (Å²) in [4.78, 5) is 4.34. The molecule has 2 nitrogen and oxygen atoms in total. The van der Waals surface area contributed by atoms with Crippen LogP contribution in [0, 0.1) is 5.82 Å². The van der Waals surface area contributed by atoms with E-state index in [0.717, 1.165) is 24.2 Å². The lowest BCUT2D eigenvalue weighted by molar-refractivity contribution is 0.462. The van der Waals surface area contributed by atoms with Gasteiger partial charge in [-0.05, 0) is 18.1 Å². The van der Waals surface area contributed by atoms with E-state index >= 15 is 0 Å². The molecule has 0 aliphatic rings. The van der Waals surface area contributed by atoms with Gasteiger partial charge in [0.15, 0.2) is 0 Å². The van der Waals surface area contributed by atoms with Gasteiger partial charge in [0.1, 0.15) is 11.6 Å². The molecule has 0 aliphatic carbocycles. The highest BCUT2D eigenvalue weighted by Crippen LogP contribution is 2.35. The summed E-state index contributed by atoms with van der Waals surface area (Å²) in [5.41, 5.74) is 0.486. The summed E-state index contributed by atoms with van der Waals surface area (Å²) in [6, 6.07) is 7.01. The smallest absolute Gasteiger partial charge is 0.127 e. The molecule has 0 saturated heterocycles. The highest BCUT2D eigenvalue weighted by atomic mass is 79.9. The van der Waals surface area contributed by atoms with Gasteiger partial charge in [-0.2, -0.15) is 0 Å². The van der Waals surface area contributed by atoms with E-state index in [1.165, 1.54) is 6.07 Å². The predicted octanol–water partition coefficient (Wildman–Crippen LogP) is 4.22. The Morgan fingerprint density at radius 3 is 2.50 bits per heavy atom. The summed E-state index contributed by atoms with van der Waals surface area (Å²) in [6.45, 7) is 0. The van der Waals surface area contributed by atoms with E-state index in [1.807, 2.05) is 29.9 Å². The average molecular weight is 404 g/mol. The third-order valence-corrected chi connectivity index (χ3v) is 5.85. The summed E-state index contributed by atoms with van der Waals surface area (Å²) in [6.07, 6.45) is 5.37. The molecule has 5 heteroatoms. The molecule has 0 N–H and O–H groups in total. The summed E-state index contributed by atoms with van der Waals surface area (Å²) in [5, 5.41) is 1.41. The Morgan fingerprint density at radius 2 is 1.95 bits per heavy atom. The molecule has 0 atom stereocenters. The fraction of sp³-hybridized carbons (Fsp3) is 0.400. The van der Waals surface area contributed by atoms with Gasteiger partial charge in [0, 0.05) is 41.9 Å². The molecule has 0 spiro atoms. The maximum absolute atomic E-state index is 14.1. The molecule has 0 bridgehead atoms. The second kappa shape index (κ2) is 6.85. The average Bonchev–Trinajstić information content (AvgIpc) is 2.87. The minimum atomic E-state index is -0.267. The zero-order valence-electron chi connectivity index (χ0n) is 11.3. The number of rotatable bonds is 6. The molecular weight excluding hydrogens is 387 g/mol. The van der Waals surface area contributed by atoms with Gasteiger partial charge in [-0.15, -0.1) is 0 Å². The van der Waals surface area contributed by atoms with Crippen LogP contribution in [0.5, 0.6) is 0 Å². The van der Waals surface area contributed by atoms with Crippen molar-refractivity contribution in [2.45, 2.75) is 18.3 Å². The highest BCUT2D eigenvalue weighted by molar-refractivity contribution is 9.09. The molecular formula is C15H17Br2FN2. The summed E-state index contributed by atoms with van der Waals surface area (Å²) in [5.74, 6) is 0.874. The summed E-state index contributed by atoms with van der Waals surface area (Å²) in [7, 11) is 1.98. The second-order valence-electron chi connectivity index (χ2n) is 4.98. The standard InChI is InChI=1S/C15H17Br2FN2/c1-20-9-8-19-14(20)6-7-15(10-16,11-17)12-4-2-3-5-13(12)18/h2-5,8-9H,6-7,10-11H2,1H3. The van der Waals surface area contributed by atoms with Crippen molar-refractivity contribution in [2.24, 2.45) is 7.05 Å². The van der Waals surface area contributed by atoms with E-state index in [9.17, 15) is 4.39 Å². The predicted molar refractivity (Wildman–Crippen MR) is 87.2 cm³/mol. The SMILES string of the molecule is Cn1ccnc1CCC(CBr)(CBr)c1ccccc1F. The van der Waals surface area contributed by atoms with Gasteiger partial charge in [0.25, 0.3) is 0 Å².